The van der Waals surface area contributed by atoms with E-state index in [-0.39, 0.29) is 10.6 Å². The van der Waals surface area contributed by atoms with E-state index in [2.05, 4.69) is 10.6 Å². The Labute approximate surface area is 162 Å². The fourth-order valence-electron chi connectivity index (χ4n) is 2.28. The van der Waals surface area contributed by atoms with Crippen molar-refractivity contribution in [2.24, 2.45) is 0 Å². The van der Waals surface area contributed by atoms with Crippen LogP contribution in [0.2, 0.25) is 5.02 Å². The number of aryl methyl sites for hydroxylation is 1. The van der Waals surface area contributed by atoms with Gasteiger partial charge < -0.3 is 15.4 Å². The molecule has 0 radical (unpaired) electrons. The molecular formula is C20H21ClN2O4. The molecule has 0 aliphatic rings. The fourth-order valence-corrected chi connectivity index (χ4v) is 2.50. The number of hydrogen-bond acceptors (Lipinski definition) is 4. The number of halogens is 1. The third-order valence-corrected chi connectivity index (χ3v) is 4.10. The minimum atomic E-state index is -1.02. The SMILES string of the molecule is Cc1cccc(NC(=O)[C@@H](C)OC(=O)[C@H](C)NC(=O)c2ccccc2Cl)c1. The molecule has 2 N–H and O–H groups in total. The summed E-state index contributed by atoms with van der Waals surface area (Å²) >= 11 is 5.97. The first-order valence-corrected chi connectivity index (χ1v) is 8.79. The van der Waals surface area contributed by atoms with E-state index in [1.807, 2.05) is 19.1 Å². The van der Waals surface area contributed by atoms with Gasteiger partial charge in [-0.05, 0) is 50.6 Å². The van der Waals surface area contributed by atoms with E-state index in [0.717, 1.165) is 5.56 Å². The van der Waals surface area contributed by atoms with Gasteiger partial charge in [-0.3, -0.25) is 9.59 Å². The largest absolute Gasteiger partial charge is 0.451 e. The van der Waals surface area contributed by atoms with Gasteiger partial charge in [-0.25, -0.2) is 4.79 Å². The molecule has 0 spiro atoms. The van der Waals surface area contributed by atoms with Crippen LogP contribution in [0.25, 0.3) is 0 Å². The van der Waals surface area contributed by atoms with Crippen molar-refractivity contribution in [1.82, 2.24) is 5.32 Å². The molecule has 6 nitrogen and oxygen atoms in total. The molecule has 2 aromatic rings. The maximum atomic E-state index is 12.2. The van der Waals surface area contributed by atoms with Crippen LogP contribution in [-0.4, -0.2) is 29.9 Å². The van der Waals surface area contributed by atoms with Crippen molar-refractivity contribution in [3.63, 3.8) is 0 Å². The number of anilines is 1. The monoisotopic (exact) mass is 388 g/mol. The standard InChI is InChI=1S/C20H21ClN2O4/c1-12-7-6-8-15(11-12)23-18(24)14(3)27-20(26)13(2)22-19(25)16-9-4-5-10-17(16)21/h4-11,13-14H,1-3H3,(H,22,25)(H,23,24)/t13-,14+/m0/s1. The molecule has 2 amide bonds. The van der Waals surface area contributed by atoms with Crippen LogP contribution in [0.3, 0.4) is 0 Å². The Kier molecular flexibility index (Phi) is 6.96. The molecule has 2 atom stereocenters. The van der Waals surface area contributed by atoms with Crippen LogP contribution in [-0.2, 0) is 14.3 Å². The van der Waals surface area contributed by atoms with E-state index in [1.165, 1.54) is 13.8 Å². The lowest BCUT2D eigenvalue weighted by atomic mass is 10.2. The van der Waals surface area contributed by atoms with Crippen molar-refractivity contribution in [3.8, 4) is 0 Å². The van der Waals surface area contributed by atoms with E-state index in [0.29, 0.717) is 5.69 Å². The van der Waals surface area contributed by atoms with E-state index in [1.54, 1.807) is 36.4 Å². The Morgan fingerprint density at radius 1 is 1.04 bits per heavy atom. The third kappa shape index (κ3) is 5.82. The molecule has 0 heterocycles. The van der Waals surface area contributed by atoms with Crippen LogP contribution in [0.5, 0.6) is 0 Å². The number of ether oxygens (including phenoxy) is 1. The predicted octanol–water partition coefficient (Wildman–Crippen LogP) is 3.34. The van der Waals surface area contributed by atoms with Gasteiger partial charge in [-0.1, -0.05) is 35.9 Å². The molecule has 0 aliphatic carbocycles. The van der Waals surface area contributed by atoms with Gasteiger partial charge in [0.15, 0.2) is 6.10 Å². The van der Waals surface area contributed by atoms with Gasteiger partial charge in [0.25, 0.3) is 11.8 Å². The summed E-state index contributed by atoms with van der Waals surface area (Å²) in [4.78, 5) is 36.5. The summed E-state index contributed by atoms with van der Waals surface area (Å²) in [5, 5.41) is 5.47. The van der Waals surface area contributed by atoms with Crippen molar-refractivity contribution in [2.45, 2.75) is 32.9 Å². The smallest absolute Gasteiger partial charge is 0.329 e. The van der Waals surface area contributed by atoms with Crippen molar-refractivity contribution >= 4 is 35.1 Å². The third-order valence-electron chi connectivity index (χ3n) is 3.77. The molecule has 0 saturated carbocycles. The number of rotatable bonds is 6. The Bertz CT molecular complexity index is 853. The normalized spacial score (nSPS) is 12.6. The molecule has 7 heteroatoms. The van der Waals surface area contributed by atoms with Gasteiger partial charge in [0.1, 0.15) is 6.04 Å². The molecule has 2 rings (SSSR count). The summed E-state index contributed by atoms with van der Waals surface area (Å²) in [6.07, 6.45) is -1.02. The van der Waals surface area contributed by atoms with Crippen molar-refractivity contribution in [2.75, 3.05) is 5.32 Å². The minimum Gasteiger partial charge on any atom is -0.451 e. The summed E-state index contributed by atoms with van der Waals surface area (Å²) in [6, 6.07) is 12.8. The van der Waals surface area contributed by atoms with Crippen molar-refractivity contribution in [1.29, 1.82) is 0 Å². The zero-order valence-corrected chi connectivity index (χ0v) is 16.0. The van der Waals surface area contributed by atoms with E-state index in [4.69, 9.17) is 16.3 Å². The van der Waals surface area contributed by atoms with Gasteiger partial charge in [-0.15, -0.1) is 0 Å². The number of carbonyl (C=O) groups is 3. The van der Waals surface area contributed by atoms with Gasteiger partial charge in [0, 0.05) is 5.69 Å². The minimum absolute atomic E-state index is 0.254. The summed E-state index contributed by atoms with van der Waals surface area (Å²) in [5.74, 6) is -1.68. The number of amides is 2. The van der Waals surface area contributed by atoms with Gasteiger partial charge >= 0.3 is 5.97 Å². The summed E-state index contributed by atoms with van der Waals surface area (Å²) in [6.45, 7) is 4.84. The van der Waals surface area contributed by atoms with Crippen LogP contribution in [0.1, 0.15) is 29.8 Å². The average molecular weight is 389 g/mol. The van der Waals surface area contributed by atoms with Crippen LogP contribution in [0.4, 0.5) is 5.69 Å². The van der Waals surface area contributed by atoms with Crippen LogP contribution in [0.15, 0.2) is 48.5 Å². The summed E-state index contributed by atoms with van der Waals surface area (Å²) in [5.41, 5.74) is 1.86. The van der Waals surface area contributed by atoms with Crippen LogP contribution in [0, 0.1) is 6.92 Å². The first kappa shape index (κ1) is 20.5. The van der Waals surface area contributed by atoms with Crippen LogP contribution >= 0.6 is 11.6 Å². The molecule has 0 bridgehead atoms. The highest BCUT2D eigenvalue weighted by atomic mass is 35.5. The Morgan fingerprint density at radius 2 is 1.74 bits per heavy atom. The fraction of sp³-hybridized carbons (Fsp3) is 0.250. The van der Waals surface area contributed by atoms with Crippen LogP contribution < -0.4 is 10.6 Å². The zero-order valence-electron chi connectivity index (χ0n) is 15.3. The highest BCUT2D eigenvalue weighted by molar-refractivity contribution is 6.33. The lowest BCUT2D eigenvalue weighted by molar-refractivity contribution is -0.154. The van der Waals surface area contributed by atoms with Crippen molar-refractivity contribution < 1.29 is 19.1 Å². The highest BCUT2D eigenvalue weighted by Crippen LogP contribution is 2.15. The topological polar surface area (TPSA) is 84.5 Å². The molecule has 0 saturated heterocycles. The maximum absolute atomic E-state index is 12.2. The average Bonchev–Trinajstić information content (AvgIpc) is 2.61. The number of esters is 1. The summed E-state index contributed by atoms with van der Waals surface area (Å²) in [7, 11) is 0. The molecule has 142 valence electrons. The quantitative estimate of drug-likeness (QED) is 0.743. The van der Waals surface area contributed by atoms with E-state index < -0.39 is 29.9 Å². The Balaban J connectivity index is 1.90. The molecule has 0 aromatic heterocycles. The predicted molar refractivity (Wildman–Crippen MR) is 104 cm³/mol. The summed E-state index contributed by atoms with van der Waals surface area (Å²) < 4.78 is 5.14. The zero-order chi connectivity index (χ0) is 20.0. The molecular weight excluding hydrogens is 368 g/mol. The second-order valence-electron chi connectivity index (χ2n) is 6.11. The number of carbonyl (C=O) groups excluding carboxylic acids is 3. The molecule has 27 heavy (non-hydrogen) atoms. The lowest BCUT2D eigenvalue weighted by Gasteiger charge is -2.18. The van der Waals surface area contributed by atoms with E-state index >= 15 is 0 Å². The van der Waals surface area contributed by atoms with E-state index in [9.17, 15) is 14.4 Å². The highest BCUT2D eigenvalue weighted by Gasteiger charge is 2.24. The number of nitrogens with one attached hydrogen (secondary N) is 2. The first-order chi connectivity index (χ1) is 12.8. The maximum Gasteiger partial charge on any atom is 0.329 e. The molecule has 2 aromatic carbocycles. The van der Waals surface area contributed by atoms with Gasteiger partial charge in [-0.2, -0.15) is 0 Å². The molecule has 0 unspecified atom stereocenters. The van der Waals surface area contributed by atoms with Crippen molar-refractivity contribution in [3.05, 3.63) is 64.7 Å². The molecule has 0 fully saturated rings. The molecule has 0 aliphatic heterocycles. The lowest BCUT2D eigenvalue weighted by Crippen LogP contribution is -2.42. The second kappa shape index (κ2) is 9.19. The number of hydrogen-bond donors (Lipinski definition) is 2. The Morgan fingerprint density at radius 3 is 2.41 bits per heavy atom. The first-order valence-electron chi connectivity index (χ1n) is 8.41. The van der Waals surface area contributed by atoms with Gasteiger partial charge in [0.2, 0.25) is 0 Å². The second-order valence-corrected chi connectivity index (χ2v) is 6.52. The Hall–Kier alpha value is -2.86. The number of benzene rings is 2. The van der Waals surface area contributed by atoms with Gasteiger partial charge in [0.05, 0.1) is 10.6 Å².